The van der Waals surface area contributed by atoms with Crippen molar-refractivity contribution in [2.45, 2.75) is 63.8 Å². The summed E-state index contributed by atoms with van der Waals surface area (Å²) in [5.74, 6) is -4.58. The van der Waals surface area contributed by atoms with Crippen molar-refractivity contribution in [3.63, 3.8) is 0 Å². The zero-order chi connectivity index (χ0) is 28.7. The van der Waals surface area contributed by atoms with Crippen molar-refractivity contribution in [3.05, 3.63) is 52.4 Å². The molecule has 2 aromatic rings. The van der Waals surface area contributed by atoms with Crippen LogP contribution in [0, 0.1) is 11.3 Å². The molecule has 3 N–H and O–H groups in total. The first kappa shape index (κ1) is 28.5. The molecule has 1 amide bonds. The number of pyridine rings is 1. The fourth-order valence-electron chi connectivity index (χ4n) is 6.05. The van der Waals surface area contributed by atoms with Crippen molar-refractivity contribution in [3.8, 4) is 0 Å². The maximum atomic E-state index is 13.9. The first-order chi connectivity index (χ1) is 18.9. The molecule has 0 bridgehead atoms. The van der Waals surface area contributed by atoms with Gasteiger partial charge in [0.1, 0.15) is 5.69 Å². The van der Waals surface area contributed by atoms with Gasteiger partial charge >= 0.3 is 0 Å². The Balaban J connectivity index is 1.39. The lowest BCUT2D eigenvalue weighted by atomic mass is 9.93. The quantitative estimate of drug-likeness (QED) is 0.410. The Kier molecular flexibility index (Phi) is 7.68. The Morgan fingerprint density at radius 2 is 1.88 bits per heavy atom. The number of benzene rings is 1. The van der Waals surface area contributed by atoms with Crippen molar-refractivity contribution in [2.24, 2.45) is 11.3 Å². The summed E-state index contributed by atoms with van der Waals surface area (Å²) in [5.41, 5.74) is 1.10. The van der Waals surface area contributed by atoms with Crippen LogP contribution in [0.2, 0.25) is 0 Å². The van der Waals surface area contributed by atoms with E-state index in [9.17, 15) is 26.8 Å². The van der Waals surface area contributed by atoms with Crippen LogP contribution in [0.4, 0.5) is 25.8 Å². The molecule has 9 nitrogen and oxygen atoms in total. The van der Waals surface area contributed by atoms with E-state index in [4.69, 9.17) is 5.11 Å². The molecule has 0 unspecified atom stereocenters. The van der Waals surface area contributed by atoms with E-state index in [2.05, 4.69) is 14.9 Å². The third-order valence-corrected chi connectivity index (χ3v) is 10.0. The Hall–Kier alpha value is -2.99. The monoisotopic (exact) mass is 578 g/mol. The van der Waals surface area contributed by atoms with Crippen LogP contribution in [0.15, 0.2) is 41.3 Å². The van der Waals surface area contributed by atoms with Crippen LogP contribution in [-0.4, -0.2) is 55.4 Å². The van der Waals surface area contributed by atoms with Gasteiger partial charge in [0.2, 0.25) is 15.9 Å². The number of rotatable bonds is 9. The first-order valence-corrected chi connectivity index (χ1v) is 15.5. The normalized spacial score (nSPS) is 22.4. The number of aromatic nitrogens is 1. The largest absolute Gasteiger partial charge is 0.395 e. The van der Waals surface area contributed by atoms with Gasteiger partial charge in [0, 0.05) is 31.2 Å². The minimum Gasteiger partial charge on any atom is -0.395 e. The van der Waals surface area contributed by atoms with Gasteiger partial charge in [-0.15, -0.1) is 0 Å². The van der Waals surface area contributed by atoms with Gasteiger partial charge in [-0.25, -0.2) is 17.2 Å². The predicted octanol–water partition coefficient (Wildman–Crippen LogP) is 4.21. The number of alkyl halides is 2. The van der Waals surface area contributed by atoms with Crippen LogP contribution in [0.5, 0.6) is 0 Å². The van der Waals surface area contributed by atoms with Gasteiger partial charge in [0.15, 0.2) is 0 Å². The topological polar surface area (TPSA) is 121 Å². The molecule has 3 aliphatic rings. The second-order valence-electron chi connectivity index (χ2n) is 11.6. The number of carbonyl (C=O) groups excluding carboxylic acids is 1. The third kappa shape index (κ3) is 6.17. The van der Waals surface area contributed by atoms with Crippen LogP contribution < -0.4 is 20.5 Å². The molecule has 218 valence electrons. The number of halogens is 2. The lowest BCUT2D eigenvalue weighted by molar-refractivity contribution is -0.0379. The molecular weight excluding hydrogens is 542 g/mol. The standard InChI is InChI=1S/C28H36F2N4O5S/c1-27(29,30)19-4-6-21(17-19)34-12-2-3-23(26(34)37)31-25(36)22-7-5-20(32-40(38,39)16-15-35)18-24(22)33-13-10-28(8-9-28)11-14-33/h2-3,5,7,12,18-19,21,32,35H,4,6,8-11,13-17H2,1H3,(H,31,36)/t19-,21+/m1/s1. The summed E-state index contributed by atoms with van der Waals surface area (Å²) < 4.78 is 56.1. The third-order valence-electron chi connectivity index (χ3n) is 8.74. The number of hydrogen-bond donors (Lipinski definition) is 3. The zero-order valence-corrected chi connectivity index (χ0v) is 23.4. The van der Waals surface area contributed by atoms with Crippen molar-refractivity contribution in [1.29, 1.82) is 0 Å². The van der Waals surface area contributed by atoms with Gasteiger partial charge in [-0.1, -0.05) is 0 Å². The smallest absolute Gasteiger partial charge is 0.274 e. The number of anilines is 3. The number of carbonyl (C=O) groups is 1. The summed E-state index contributed by atoms with van der Waals surface area (Å²) in [4.78, 5) is 28.9. The molecule has 0 radical (unpaired) electrons. The molecule has 40 heavy (non-hydrogen) atoms. The predicted molar refractivity (Wildman–Crippen MR) is 150 cm³/mol. The first-order valence-electron chi connectivity index (χ1n) is 13.8. The molecule has 1 aromatic heterocycles. The number of nitrogens with one attached hydrogen (secondary N) is 2. The van der Waals surface area contributed by atoms with Crippen molar-refractivity contribution >= 4 is 33.0 Å². The molecule has 2 atom stereocenters. The highest BCUT2D eigenvalue weighted by Crippen LogP contribution is 2.54. The number of aliphatic hydroxyl groups is 1. The molecule has 1 saturated heterocycles. The van der Waals surface area contributed by atoms with Crippen LogP contribution in [0.3, 0.4) is 0 Å². The second kappa shape index (κ2) is 10.8. The Labute approximate surface area is 232 Å². The zero-order valence-electron chi connectivity index (χ0n) is 22.5. The molecule has 5 rings (SSSR count). The number of amides is 1. The summed E-state index contributed by atoms with van der Waals surface area (Å²) in [6, 6.07) is 7.36. The van der Waals surface area contributed by atoms with Crippen LogP contribution in [0.1, 0.15) is 68.3 Å². The fraction of sp³-hybridized carbons (Fsp3) is 0.571. The second-order valence-corrected chi connectivity index (χ2v) is 13.4. The summed E-state index contributed by atoms with van der Waals surface area (Å²) in [5, 5.41) is 11.8. The molecule has 1 spiro atoms. The van der Waals surface area contributed by atoms with E-state index in [0.29, 0.717) is 29.5 Å². The maximum absolute atomic E-state index is 13.9. The Morgan fingerprint density at radius 1 is 1.15 bits per heavy atom. The lowest BCUT2D eigenvalue weighted by Gasteiger charge is -2.35. The average molecular weight is 579 g/mol. The fourth-order valence-corrected chi connectivity index (χ4v) is 6.88. The number of aliphatic hydroxyl groups excluding tert-OH is 1. The van der Waals surface area contributed by atoms with Gasteiger partial charge in [-0.05, 0) is 87.6 Å². The molecule has 2 saturated carbocycles. The van der Waals surface area contributed by atoms with E-state index >= 15 is 0 Å². The number of nitrogens with zero attached hydrogens (tertiary/aromatic N) is 2. The van der Waals surface area contributed by atoms with Gasteiger partial charge in [0.25, 0.3) is 11.5 Å². The molecule has 3 fully saturated rings. The van der Waals surface area contributed by atoms with Crippen LogP contribution in [-0.2, 0) is 10.0 Å². The minimum atomic E-state index is -3.76. The van der Waals surface area contributed by atoms with Crippen LogP contribution in [0.25, 0.3) is 0 Å². The number of sulfonamides is 1. The summed E-state index contributed by atoms with van der Waals surface area (Å²) in [6.45, 7) is 1.83. The van der Waals surface area contributed by atoms with Crippen molar-refractivity contribution < 1.29 is 27.1 Å². The van der Waals surface area contributed by atoms with E-state index in [-0.39, 0.29) is 23.8 Å². The molecule has 1 aromatic carbocycles. The Bertz CT molecular complexity index is 1420. The maximum Gasteiger partial charge on any atom is 0.274 e. The van der Waals surface area contributed by atoms with Crippen LogP contribution >= 0.6 is 0 Å². The highest BCUT2D eigenvalue weighted by molar-refractivity contribution is 7.92. The van der Waals surface area contributed by atoms with Gasteiger partial charge in [-0.3, -0.25) is 14.3 Å². The SMILES string of the molecule is CC(F)(F)[C@@H]1CC[C@H](n2cccc(NC(=O)c3ccc(NS(=O)(=O)CCO)cc3N3CCC4(CC3)CC4)c2=O)C1. The number of hydrogen-bond acceptors (Lipinski definition) is 6. The van der Waals surface area contributed by atoms with E-state index in [1.165, 1.54) is 35.6 Å². The summed E-state index contributed by atoms with van der Waals surface area (Å²) in [6.07, 6.45) is 6.91. The van der Waals surface area contributed by atoms with E-state index in [1.807, 2.05) is 0 Å². The Morgan fingerprint density at radius 3 is 2.50 bits per heavy atom. The van der Waals surface area contributed by atoms with Gasteiger partial charge < -0.3 is 19.9 Å². The van der Waals surface area contributed by atoms with Gasteiger partial charge in [-0.2, -0.15) is 0 Å². The summed E-state index contributed by atoms with van der Waals surface area (Å²) >= 11 is 0. The number of piperidine rings is 1. The highest BCUT2D eigenvalue weighted by Gasteiger charge is 2.45. The highest BCUT2D eigenvalue weighted by atomic mass is 32.2. The molecule has 1 aliphatic heterocycles. The molecular formula is C28H36F2N4O5S. The molecule has 2 aliphatic carbocycles. The van der Waals surface area contributed by atoms with E-state index < -0.39 is 45.7 Å². The summed E-state index contributed by atoms with van der Waals surface area (Å²) in [7, 11) is -3.76. The average Bonchev–Trinajstić information content (AvgIpc) is 3.43. The van der Waals surface area contributed by atoms with E-state index in [1.54, 1.807) is 18.3 Å². The van der Waals surface area contributed by atoms with E-state index in [0.717, 1.165) is 32.9 Å². The van der Waals surface area contributed by atoms with Crippen molar-refractivity contribution in [2.75, 3.05) is 40.4 Å². The van der Waals surface area contributed by atoms with Crippen molar-refractivity contribution in [1.82, 2.24) is 4.57 Å². The van der Waals surface area contributed by atoms with Gasteiger partial charge in [0.05, 0.1) is 29.3 Å². The molecule has 2 heterocycles. The lowest BCUT2D eigenvalue weighted by Crippen LogP contribution is -2.36. The molecule has 12 heteroatoms. The minimum absolute atomic E-state index is 0.0495.